The average Bonchev–Trinajstić information content (AvgIpc) is 2.72. The Morgan fingerprint density at radius 1 is 1.19 bits per heavy atom. The molecule has 0 atom stereocenters. The first-order chi connectivity index (χ1) is 7.83. The molecule has 1 aromatic carbocycles. The molecule has 0 fully saturated rings. The Morgan fingerprint density at radius 3 is 2.94 bits per heavy atom. The summed E-state index contributed by atoms with van der Waals surface area (Å²) in [6.07, 6.45) is 3.66. The molecule has 3 heteroatoms. The largest absolute Gasteiger partial charge is 0.269 e. The minimum atomic E-state index is 0.767. The third kappa shape index (κ3) is 1.74. The van der Waals surface area contributed by atoms with Crippen molar-refractivity contribution in [3.05, 3.63) is 41.0 Å². The molecule has 0 spiro atoms. The monoisotopic (exact) mass is 232 g/mol. The van der Waals surface area contributed by atoms with Gasteiger partial charge in [-0.05, 0) is 37.5 Å². The molecule has 1 aliphatic rings. The SMILES string of the molecule is Clc1cccc(-c2cc3n(n2)CCCC3)c1. The Hall–Kier alpha value is -1.28. The normalized spacial score (nSPS) is 14.8. The molecular weight excluding hydrogens is 220 g/mol. The molecule has 2 aromatic rings. The number of aryl methyl sites for hydroxylation is 2. The van der Waals surface area contributed by atoms with Crippen molar-refractivity contribution >= 4 is 11.6 Å². The lowest BCUT2D eigenvalue weighted by Crippen LogP contribution is -2.10. The minimum Gasteiger partial charge on any atom is -0.269 e. The van der Waals surface area contributed by atoms with Gasteiger partial charge in [0.25, 0.3) is 0 Å². The Balaban J connectivity index is 2.03. The van der Waals surface area contributed by atoms with E-state index in [1.54, 1.807) is 0 Å². The van der Waals surface area contributed by atoms with Crippen molar-refractivity contribution in [2.45, 2.75) is 25.8 Å². The maximum atomic E-state index is 5.99. The highest BCUT2D eigenvalue weighted by atomic mass is 35.5. The van der Waals surface area contributed by atoms with Gasteiger partial charge < -0.3 is 0 Å². The van der Waals surface area contributed by atoms with E-state index >= 15 is 0 Å². The standard InChI is InChI=1S/C13H13ClN2/c14-11-5-3-4-10(8-11)13-9-12-6-1-2-7-16(12)15-13/h3-5,8-9H,1-2,6-7H2. The number of halogens is 1. The first-order valence-corrected chi connectivity index (χ1v) is 6.03. The van der Waals surface area contributed by atoms with Crippen LogP contribution in [0.3, 0.4) is 0 Å². The quantitative estimate of drug-likeness (QED) is 0.736. The number of nitrogens with zero attached hydrogens (tertiary/aromatic N) is 2. The smallest absolute Gasteiger partial charge is 0.0926 e. The highest BCUT2D eigenvalue weighted by Gasteiger charge is 2.12. The van der Waals surface area contributed by atoms with Gasteiger partial charge in [0.1, 0.15) is 0 Å². The molecular formula is C13H13ClN2. The first-order valence-electron chi connectivity index (χ1n) is 5.65. The molecule has 2 nitrogen and oxygen atoms in total. The predicted octanol–water partition coefficient (Wildman–Crippen LogP) is 3.54. The van der Waals surface area contributed by atoms with Crippen LogP contribution in [0, 0.1) is 0 Å². The van der Waals surface area contributed by atoms with Crippen molar-refractivity contribution in [3.8, 4) is 11.3 Å². The maximum Gasteiger partial charge on any atom is 0.0926 e. The zero-order valence-electron chi connectivity index (χ0n) is 8.99. The molecule has 0 aliphatic carbocycles. The number of hydrogen-bond acceptors (Lipinski definition) is 1. The summed E-state index contributed by atoms with van der Waals surface area (Å²) in [5, 5.41) is 5.39. The van der Waals surface area contributed by atoms with Crippen LogP contribution in [0.25, 0.3) is 11.3 Å². The van der Waals surface area contributed by atoms with Crippen LogP contribution in [-0.2, 0) is 13.0 Å². The van der Waals surface area contributed by atoms with Crippen LogP contribution in [-0.4, -0.2) is 9.78 Å². The Labute approximate surface area is 99.9 Å². The van der Waals surface area contributed by atoms with Gasteiger partial charge in [-0.2, -0.15) is 5.10 Å². The first kappa shape index (κ1) is 9.91. The molecule has 3 rings (SSSR count). The van der Waals surface area contributed by atoms with Crippen molar-refractivity contribution < 1.29 is 0 Å². The van der Waals surface area contributed by atoms with Crippen LogP contribution in [0.15, 0.2) is 30.3 Å². The van der Waals surface area contributed by atoms with E-state index in [4.69, 9.17) is 11.6 Å². The summed E-state index contributed by atoms with van der Waals surface area (Å²) in [7, 11) is 0. The van der Waals surface area contributed by atoms with E-state index in [1.165, 1.54) is 18.5 Å². The Kier molecular flexibility index (Phi) is 2.44. The van der Waals surface area contributed by atoms with Gasteiger partial charge in [0, 0.05) is 22.8 Å². The molecule has 2 heterocycles. The third-order valence-electron chi connectivity index (χ3n) is 3.04. The second-order valence-electron chi connectivity index (χ2n) is 4.21. The van der Waals surface area contributed by atoms with Gasteiger partial charge in [-0.1, -0.05) is 23.7 Å². The van der Waals surface area contributed by atoms with Crippen molar-refractivity contribution in [2.75, 3.05) is 0 Å². The van der Waals surface area contributed by atoms with Crippen LogP contribution >= 0.6 is 11.6 Å². The minimum absolute atomic E-state index is 0.767. The van der Waals surface area contributed by atoms with Gasteiger partial charge in [0.15, 0.2) is 0 Å². The van der Waals surface area contributed by atoms with E-state index < -0.39 is 0 Å². The Morgan fingerprint density at radius 2 is 2.12 bits per heavy atom. The molecule has 0 bridgehead atoms. The Bertz CT molecular complexity index is 493. The molecule has 1 aromatic heterocycles. The fourth-order valence-corrected chi connectivity index (χ4v) is 2.40. The van der Waals surface area contributed by atoms with E-state index in [0.29, 0.717) is 0 Å². The van der Waals surface area contributed by atoms with Gasteiger partial charge in [-0.15, -0.1) is 0 Å². The molecule has 82 valence electrons. The molecule has 0 N–H and O–H groups in total. The van der Waals surface area contributed by atoms with Gasteiger partial charge in [0.05, 0.1) is 5.69 Å². The van der Waals surface area contributed by atoms with E-state index in [9.17, 15) is 0 Å². The van der Waals surface area contributed by atoms with Crippen LogP contribution in [0.2, 0.25) is 5.02 Å². The number of aromatic nitrogens is 2. The third-order valence-corrected chi connectivity index (χ3v) is 3.27. The molecule has 0 saturated heterocycles. The van der Waals surface area contributed by atoms with E-state index in [2.05, 4.69) is 21.9 Å². The van der Waals surface area contributed by atoms with Gasteiger partial charge in [-0.3, -0.25) is 4.68 Å². The summed E-state index contributed by atoms with van der Waals surface area (Å²) in [6, 6.07) is 10.1. The van der Waals surface area contributed by atoms with Gasteiger partial charge in [-0.25, -0.2) is 0 Å². The van der Waals surface area contributed by atoms with Crippen molar-refractivity contribution in [2.24, 2.45) is 0 Å². The average molecular weight is 233 g/mol. The number of fused-ring (bicyclic) bond motifs is 1. The van der Waals surface area contributed by atoms with E-state index in [-0.39, 0.29) is 0 Å². The lowest BCUT2D eigenvalue weighted by molar-refractivity contribution is 0.487. The predicted molar refractivity (Wildman–Crippen MR) is 65.6 cm³/mol. The summed E-state index contributed by atoms with van der Waals surface area (Å²) in [6.45, 7) is 1.05. The molecule has 0 saturated carbocycles. The zero-order chi connectivity index (χ0) is 11.0. The highest BCUT2D eigenvalue weighted by molar-refractivity contribution is 6.30. The summed E-state index contributed by atoms with van der Waals surface area (Å²) in [4.78, 5) is 0. The lowest BCUT2D eigenvalue weighted by Gasteiger charge is -2.11. The maximum absolute atomic E-state index is 5.99. The van der Waals surface area contributed by atoms with E-state index in [0.717, 1.165) is 29.2 Å². The molecule has 0 radical (unpaired) electrons. The highest BCUT2D eigenvalue weighted by Crippen LogP contribution is 2.24. The lowest BCUT2D eigenvalue weighted by atomic mass is 10.1. The van der Waals surface area contributed by atoms with Crippen molar-refractivity contribution in [3.63, 3.8) is 0 Å². The molecule has 0 unspecified atom stereocenters. The second kappa shape index (κ2) is 3.95. The molecule has 16 heavy (non-hydrogen) atoms. The summed E-state index contributed by atoms with van der Waals surface area (Å²) in [5.74, 6) is 0. The van der Waals surface area contributed by atoms with Crippen LogP contribution in [0.4, 0.5) is 0 Å². The number of rotatable bonds is 1. The summed E-state index contributed by atoms with van der Waals surface area (Å²) < 4.78 is 2.12. The zero-order valence-corrected chi connectivity index (χ0v) is 9.74. The number of benzene rings is 1. The van der Waals surface area contributed by atoms with Crippen LogP contribution in [0.1, 0.15) is 18.5 Å². The summed E-state index contributed by atoms with van der Waals surface area (Å²) in [5.41, 5.74) is 3.50. The topological polar surface area (TPSA) is 17.8 Å². The molecule has 0 amide bonds. The fourth-order valence-electron chi connectivity index (χ4n) is 2.21. The summed E-state index contributed by atoms with van der Waals surface area (Å²) >= 11 is 5.99. The van der Waals surface area contributed by atoms with Gasteiger partial charge >= 0.3 is 0 Å². The molecule has 1 aliphatic heterocycles. The fraction of sp³-hybridized carbons (Fsp3) is 0.308. The second-order valence-corrected chi connectivity index (χ2v) is 4.65. The van der Waals surface area contributed by atoms with Gasteiger partial charge in [0.2, 0.25) is 0 Å². The van der Waals surface area contributed by atoms with Crippen LogP contribution in [0.5, 0.6) is 0 Å². The van der Waals surface area contributed by atoms with Crippen molar-refractivity contribution in [1.82, 2.24) is 9.78 Å². The van der Waals surface area contributed by atoms with Crippen LogP contribution < -0.4 is 0 Å². The number of hydrogen-bond donors (Lipinski definition) is 0. The van der Waals surface area contributed by atoms with E-state index in [1.807, 2.05) is 18.2 Å². The van der Waals surface area contributed by atoms with Crippen molar-refractivity contribution in [1.29, 1.82) is 0 Å².